The lowest BCUT2D eigenvalue weighted by Gasteiger charge is -2.26. The van der Waals surface area contributed by atoms with Gasteiger partial charge in [0, 0.05) is 11.8 Å². The summed E-state index contributed by atoms with van der Waals surface area (Å²) < 4.78 is 25.2. The lowest BCUT2D eigenvalue weighted by atomic mass is 9.86. The van der Waals surface area contributed by atoms with Gasteiger partial charge >= 0.3 is 0 Å². The second-order valence-electron chi connectivity index (χ2n) is 7.85. The number of halogens is 2. The molecule has 2 nitrogen and oxygen atoms in total. The van der Waals surface area contributed by atoms with Crippen molar-refractivity contribution < 1.29 is 19.0 Å². The Labute approximate surface area is 183 Å². The summed E-state index contributed by atoms with van der Waals surface area (Å²) >= 11 is 0. The predicted octanol–water partition coefficient (Wildman–Crippen LogP) is 7.45. The third-order valence-electron chi connectivity index (χ3n) is 4.86. The van der Waals surface area contributed by atoms with Crippen LogP contribution in [-0.2, 0) is 0 Å². The van der Waals surface area contributed by atoms with Crippen molar-refractivity contribution in [2.75, 3.05) is 0 Å². The molecule has 0 saturated carbocycles. The summed E-state index contributed by atoms with van der Waals surface area (Å²) in [7, 11) is 0. The van der Waals surface area contributed by atoms with Gasteiger partial charge in [0.1, 0.15) is 11.6 Å². The van der Waals surface area contributed by atoms with Crippen molar-refractivity contribution >= 4 is 0 Å². The van der Waals surface area contributed by atoms with Crippen LogP contribution in [0.1, 0.15) is 92.2 Å². The molecule has 172 valence electrons. The average Bonchev–Trinajstić information content (AvgIpc) is 2.70. The van der Waals surface area contributed by atoms with Crippen LogP contribution in [0.3, 0.4) is 0 Å². The van der Waals surface area contributed by atoms with Gasteiger partial charge in [0.2, 0.25) is 0 Å². The van der Waals surface area contributed by atoms with Crippen molar-refractivity contribution in [1.29, 1.82) is 0 Å². The van der Waals surface area contributed by atoms with Gasteiger partial charge in [0.05, 0.1) is 11.2 Å². The molecule has 2 aromatic rings. The van der Waals surface area contributed by atoms with Gasteiger partial charge in [-0.1, -0.05) is 65.8 Å². The van der Waals surface area contributed by atoms with Gasteiger partial charge in [-0.25, -0.2) is 8.78 Å². The average molecular weight is 425 g/mol. The van der Waals surface area contributed by atoms with Gasteiger partial charge in [0.15, 0.2) is 0 Å². The van der Waals surface area contributed by atoms with Gasteiger partial charge in [-0.05, 0) is 63.1 Å². The predicted molar refractivity (Wildman–Crippen MR) is 125 cm³/mol. The van der Waals surface area contributed by atoms with Crippen molar-refractivity contribution in [2.24, 2.45) is 0 Å². The highest BCUT2D eigenvalue weighted by Crippen LogP contribution is 2.28. The summed E-state index contributed by atoms with van der Waals surface area (Å²) in [5.41, 5.74) is 0.373. The first-order valence-corrected chi connectivity index (χ1v) is 10.8. The maximum absolute atomic E-state index is 12.6. The molecule has 2 aromatic carbocycles. The zero-order valence-corrected chi connectivity index (χ0v) is 20.4. The third-order valence-corrected chi connectivity index (χ3v) is 4.86. The molecule has 0 aliphatic carbocycles. The van der Waals surface area contributed by atoms with Gasteiger partial charge in [0.25, 0.3) is 0 Å². The van der Waals surface area contributed by atoms with Gasteiger partial charge in [-0.15, -0.1) is 0 Å². The summed E-state index contributed by atoms with van der Waals surface area (Å²) in [6.07, 6.45) is 0. The molecule has 0 fully saturated rings. The zero-order chi connectivity index (χ0) is 24.1. The molecule has 0 unspecified atom stereocenters. The lowest BCUT2D eigenvalue weighted by Crippen LogP contribution is -2.26. The van der Waals surface area contributed by atoms with Crippen LogP contribution in [0.15, 0.2) is 48.5 Å². The Morgan fingerprint density at radius 3 is 0.933 bits per heavy atom. The second kappa shape index (κ2) is 14.3. The van der Waals surface area contributed by atoms with Crippen molar-refractivity contribution in [1.82, 2.24) is 0 Å². The normalized spacial score (nSPS) is 12.7. The molecule has 0 spiro atoms. The first-order valence-electron chi connectivity index (χ1n) is 10.8. The molecule has 2 atom stereocenters. The Balaban J connectivity index is 0. The van der Waals surface area contributed by atoms with Crippen LogP contribution in [0.25, 0.3) is 0 Å². The van der Waals surface area contributed by atoms with Crippen molar-refractivity contribution in [3.05, 3.63) is 71.3 Å². The highest BCUT2D eigenvalue weighted by molar-refractivity contribution is 5.23. The standard InChI is InChI=1S/2C11H15FO.2C2H6/c2*1-8(11(2,3)13)9-4-6-10(12)7-5-9;2*1-2/h2*4-8,13H,1-3H3;2*1-2H3/t2*8-;;/m00../s1. The maximum Gasteiger partial charge on any atom is 0.123 e. The fraction of sp³-hybridized carbons (Fsp3) is 0.538. The van der Waals surface area contributed by atoms with E-state index in [4.69, 9.17) is 0 Å². The number of hydrogen-bond donors (Lipinski definition) is 2. The van der Waals surface area contributed by atoms with E-state index in [1.54, 1.807) is 52.0 Å². The van der Waals surface area contributed by atoms with Crippen LogP contribution >= 0.6 is 0 Å². The van der Waals surface area contributed by atoms with Crippen LogP contribution in [-0.4, -0.2) is 21.4 Å². The van der Waals surface area contributed by atoms with Gasteiger partial charge in [-0.3, -0.25) is 0 Å². The number of aliphatic hydroxyl groups is 2. The van der Waals surface area contributed by atoms with Crippen molar-refractivity contribution in [3.63, 3.8) is 0 Å². The minimum absolute atomic E-state index is 0.00750. The number of hydrogen-bond acceptors (Lipinski definition) is 2. The maximum atomic E-state index is 12.6. The van der Waals surface area contributed by atoms with E-state index in [-0.39, 0.29) is 23.5 Å². The van der Waals surface area contributed by atoms with Gasteiger partial charge in [-0.2, -0.15) is 0 Å². The molecule has 0 heterocycles. The lowest BCUT2D eigenvalue weighted by molar-refractivity contribution is 0.0553. The molecule has 0 aromatic heterocycles. The van der Waals surface area contributed by atoms with Crippen molar-refractivity contribution in [3.8, 4) is 0 Å². The molecule has 0 aliphatic rings. The minimum Gasteiger partial charge on any atom is -0.390 e. The van der Waals surface area contributed by atoms with E-state index < -0.39 is 11.2 Å². The van der Waals surface area contributed by atoms with Crippen LogP contribution in [0.5, 0.6) is 0 Å². The fourth-order valence-electron chi connectivity index (χ4n) is 2.32. The third kappa shape index (κ3) is 11.4. The molecule has 0 bridgehead atoms. The molecule has 30 heavy (non-hydrogen) atoms. The summed E-state index contributed by atoms with van der Waals surface area (Å²) in [4.78, 5) is 0. The molecule has 0 amide bonds. The molecular formula is C26H42F2O2. The molecule has 2 rings (SSSR count). The van der Waals surface area contributed by atoms with E-state index >= 15 is 0 Å². The SMILES string of the molecule is CC.CC.C[C@@H](c1ccc(F)cc1)C(C)(C)O.C[C@@H](c1ccc(F)cc1)C(C)(C)O. The monoisotopic (exact) mass is 424 g/mol. The first kappa shape index (κ1) is 30.4. The topological polar surface area (TPSA) is 40.5 Å². The Morgan fingerprint density at radius 1 is 0.567 bits per heavy atom. The van der Waals surface area contributed by atoms with E-state index in [1.165, 1.54) is 24.3 Å². The minimum atomic E-state index is -0.766. The summed E-state index contributed by atoms with van der Waals surface area (Å²) in [5, 5.41) is 19.4. The summed E-state index contributed by atoms with van der Waals surface area (Å²) in [6, 6.07) is 12.5. The van der Waals surface area contributed by atoms with E-state index in [1.807, 2.05) is 41.5 Å². The molecular weight excluding hydrogens is 382 g/mol. The van der Waals surface area contributed by atoms with Crippen LogP contribution in [0.4, 0.5) is 8.78 Å². The van der Waals surface area contributed by atoms with E-state index in [0.29, 0.717) is 0 Å². The summed E-state index contributed by atoms with van der Waals surface area (Å²) in [5.74, 6) is -0.473. The van der Waals surface area contributed by atoms with Gasteiger partial charge < -0.3 is 10.2 Å². The molecule has 0 aliphatic heterocycles. The largest absolute Gasteiger partial charge is 0.390 e. The Bertz CT molecular complexity index is 605. The number of rotatable bonds is 4. The van der Waals surface area contributed by atoms with Crippen LogP contribution < -0.4 is 0 Å². The fourth-order valence-corrected chi connectivity index (χ4v) is 2.32. The quantitative estimate of drug-likeness (QED) is 0.535. The summed E-state index contributed by atoms with van der Waals surface area (Å²) in [6.45, 7) is 18.9. The first-order chi connectivity index (χ1) is 13.8. The Kier molecular flexibility index (Phi) is 14.5. The highest BCUT2D eigenvalue weighted by atomic mass is 19.1. The molecule has 0 radical (unpaired) electrons. The Hall–Kier alpha value is -1.78. The zero-order valence-electron chi connectivity index (χ0n) is 20.4. The van der Waals surface area contributed by atoms with Crippen LogP contribution in [0.2, 0.25) is 0 Å². The smallest absolute Gasteiger partial charge is 0.123 e. The van der Waals surface area contributed by atoms with Crippen LogP contribution in [0, 0.1) is 11.6 Å². The highest BCUT2D eigenvalue weighted by Gasteiger charge is 2.24. The molecule has 0 saturated heterocycles. The van der Waals surface area contributed by atoms with Crippen molar-refractivity contribution in [2.45, 2.75) is 92.3 Å². The van der Waals surface area contributed by atoms with E-state index in [9.17, 15) is 19.0 Å². The van der Waals surface area contributed by atoms with E-state index in [0.717, 1.165) is 11.1 Å². The molecule has 2 N–H and O–H groups in total. The second-order valence-corrected chi connectivity index (χ2v) is 7.85. The van der Waals surface area contributed by atoms with E-state index in [2.05, 4.69) is 0 Å². The molecule has 4 heteroatoms. The Morgan fingerprint density at radius 2 is 0.767 bits per heavy atom. The number of benzene rings is 2.